The summed E-state index contributed by atoms with van der Waals surface area (Å²) in [7, 11) is 0. The monoisotopic (exact) mass is 394 g/mol. The van der Waals surface area contributed by atoms with Crippen molar-refractivity contribution < 1.29 is 0 Å². The first-order valence-corrected chi connectivity index (χ1v) is 10.8. The standard InChI is InChI=1S/C31H22/c1-21-10-8-13-23(20-21)30-26-15-4-6-17-28(26)31(29-18-7-5-16-27(29)30)25-19-9-12-22-11-2-3-14-24(22)25/h2-20H,1H3. The van der Waals surface area contributed by atoms with Crippen LogP contribution in [0.3, 0.4) is 0 Å². The van der Waals surface area contributed by atoms with E-state index in [1.54, 1.807) is 0 Å². The van der Waals surface area contributed by atoms with Crippen LogP contribution in [0.25, 0.3) is 54.6 Å². The molecule has 0 radical (unpaired) electrons. The third kappa shape index (κ3) is 2.84. The second-order valence-corrected chi connectivity index (χ2v) is 8.24. The van der Waals surface area contributed by atoms with Gasteiger partial charge in [0, 0.05) is 0 Å². The summed E-state index contributed by atoms with van der Waals surface area (Å²) in [5.74, 6) is 0. The Labute approximate surface area is 182 Å². The van der Waals surface area contributed by atoms with Gasteiger partial charge in [-0.2, -0.15) is 0 Å². The van der Waals surface area contributed by atoms with Crippen LogP contribution in [0, 0.1) is 6.92 Å². The van der Waals surface area contributed by atoms with E-state index in [1.807, 2.05) is 0 Å². The Morgan fingerprint density at radius 2 is 0.935 bits per heavy atom. The Morgan fingerprint density at radius 3 is 1.58 bits per heavy atom. The van der Waals surface area contributed by atoms with Crippen molar-refractivity contribution in [3.8, 4) is 22.3 Å². The van der Waals surface area contributed by atoms with Crippen LogP contribution >= 0.6 is 0 Å². The van der Waals surface area contributed by atoms with Crippen molar-refractivity contribution in [2.24, 2.45) is 0 Å². The number of hydrogen-bond acceptors (Lipinski definition) is 0. The average molecular weight is 395 g/mol. The van der Waals surface area contributed by atoms with Gasteiger partial charge in [0.05, 0.1) is 0 Å². The maximum atomic E-state index is 2.30. The van der Waals surface area contributed by atoms with E-state index >= 15 is 0 Å². The molecule has 0 saturated heterocycles. The second kappa shape index (κ2) is 7.11. The molecule has 0 amide bonds. The number of benzene rings is 6. The van der Waals surface area contributed by atoms with Crippen LogP contribution in [-0.4, -0.2) is 0 Å². The van der Waals surface area contributed by atoms with E-state index in [-0.39, 0.29) is 0 Å². The zero-order valence-electron chi connectivity index (χ0n) is 17.5. The van der Waals surface area contributed by atoms with E-state index in [0.29, 0.717) is 0 Å². The van der Waals surface area contributed by atoms with Gasteiger partial charge < -0.3 is 0 Å². The molecule has 6 aromatic carbocycles. The molecule has 0 aliphatic rings. The van der Waals surface area contributed by atoms with Crippen LogP contribution in [0.15, 0.2) is 115 Å². The molecule has 0 bridgehead atoms. The maximum Gasteiger partial charge on any atom is -0.00201 e. The Bertz CT molecular complexity index is 1520. The van der Waals surface area contributed by atoms with Gasteiger partial charge in [-0.05, 0) is 61.5 Å². The van der Waals surface area contributed by atoms with Gasteiger partial charge in [-0.15, -0.1) is 0 Å². The Kier molecular flexibility index (Phi) is 4.11. The lowest BCUT2D eigenvalue weighted by Gasteiger charge is -2.19. The summed E-state index contributed by atoms with van der Waals surface area (Å²) in [4.78, 5) is 0. The fourth-order valence-electron chi connectivity index (χ4n) is 4.97. The highest BCUT2D eigenvalue weighted by atomic mass is 14.2. The van der Waals surface area contributed by atoms with Crippen LogP contribution in [0.5, 0.6) is 0 Å². The molecule has 0 fully saturated rings. The van der Waals surface area contributed by atoms with E-state index in [1.165, 1.54) is 60.1 Å². The Hall–Kier alpha value is -3.90. The fraction of sp³-hybridized carbons (Fsp3) is 0.0323. The van der Waals surface area contributed by atoms with Gasteiger partial charge in [0.2, 0.25) is 0 Å². The smallest absolute Gasteiger partial charge is 0.00201 e. The first kappa shape index (κ1) is 17.9. The number of hydrogen-bond donors (Lipinski definition) is 0. The van der Waals surface area contributed by atoms with Crippen molar-refractivity contribution >= 4 is 32.3 Å². The van der Waals surface area contributed by atoms with Crippen molar-refractivity contribution in [3.63, 3.8) is 0 Å². The molecule has 31 heavy (non-hydrogen) atoms. The third-order valence-electron chi connectivity index (χ3n) is 6.30. The molecule has 0 aliphatic carbocycles. The Morgan fingerprint density at radius 1 is 0.419 bits per heavy atom. The maximum absolute atomic E-state index is 2.30. The van der Waals surface area contributed by atoms with Gasteiger partial charge >= 0.3 is 0 Å². The molecule has 0 N–H and O–H groups in total. The molecular weight excluding hydrogens is 372 g/mol. The van der Waals surface area contributed by atoms with Crippen molar-refractivity contribution in [2.45, 2.75) is 6.92 Å². The third-order valence-corrected chi connectivity index (χ3v) is 6.30. The molecule has 146 valence electrons. The molecule has 0 unspecified atom stereocenters. The molecular formula is C31H22. The van der Waals surface area contributed by atoms with Gasteiger partial charge in [-0.25, -0.2) is 0 Å². The lowest BCUT2D eigenvalue weighted by molar-refractivity contribution is 1.47. The summed E-state index contributed by atoms with van der Waals surface area (Å²) in [5, 5.41) is 7.77. The van der Waals surface area contributed by atoms with Crippen molar-refractivity contribution in [1.29, 1.82) is 0 Å². The van der Waals surface area contributed by atoms with Crippen molar-refractivity contribution in [1.82, 2.24) is 0 Å². The minimum atomic E-state index is 1.27. The highest BCUT2D eigenvalue weighted by Gasteiger charge is 2.17. The predicted molar refractivity (Wildman–Crippen MR) is 135 cm³/mol. The summed E-state index contributed by atoms with van der Waals surface area (Å²) in [6.07, 6.45) is 0. The van der Waals surface area contributed by atoms with Gasteiger partial charge in [-0.3, -0.25) is 0 Å². The predicted octanol–water partition coefficient (Wildman–Crippen LogP) is 8.79. The normalized spacial score (nSPS) is 11.4. The van der Waals surface area contributed by atoms with Gasteiger partial charge in [0.1, 0.15) is 0 Å². The summed E-state index contributed by atoms with van der Waals surface area (Å²) in [6.45, 7) is 2.17. The number of fused-ring (bicyclic) bond motifs is 3. The van der Waals surface area contributed by atoms with Gasteiger partial charge in [0.15, 0.2) is 0 Å². The number of rotatable bonds is 2. The molecule has 0 heterocycles. The van der Waals surface area contributed by atoms with Crippen molar-refractivity contribution in [3.05, 3.63) is 121 Å². The van der Waals surface area contributed by atoms with E-state index in [0.717, 1.165) is 0 Å². The summed E-state index contributed by atoms with van der Waals surface area (Å²) < 4.78 is 0. The second-order valence-electron chi connectivity index (χ2n) is 8.24. The molecule has 0 saturated carbocycles. The molecule has 0 atom stereocenters. The highest BCUT2D eigenvalue weighted by molar-refractivity contribution is 6.23. The highest BCUT2D eigenvalue weighted by Crippen LogP contribution is 2.45. The van der Waals surface area contributed by atoms with Gasteiger partial charge in [0.25, 0.3) is 0 Å². The SMILES string of the molecule is Cc1cccc(-c2c3ccccc3c(-c3cccc4ccccc34)c3ccccc23)c1. The number of aryl methyl sites for hydroxylation is 1. The molecule has 0 spiro atoms. The van der Waals surface area contributed by atoms with Crippen LogP contribution in [0.2, 0.25) is 0 Å². The average Bonchev–Trinajstić information content (AvgIpc) is 2.82. The summed E-state index contributed by atoms with van der Waals surface area (Å²) in [6, 6.07) is 41.9. The van der Waals surface area contributed by atoms with E-state index in [2.05, 4.69) is 122 Å². The lowest BCUT2D eigenvalue weighted by atomic mass is 9.84. The summed E-state index contributed by atoms with van der Waals surface area (Å²) in [5.41, 5.74) is 6.49. The van der Waals surface area contributed by atoms with Crippen LogP contribution in [0.4, 0.5) is 0 Å². The van der Waals surface area contributed by atoms with E-state index in [4.69, 9.17) is 0 Å². The summed E-state index contributed by atoms with van der Waals surface area (Å²) >= 11 is 0. The minimum Gasteiger partial charge on any atom is -0.0616 e. The van der Waals surface area contributed by atoms with E-state index in [9.17, 15) is 0 Å². The first-order valence-electron chi connectivity index (χ1n) is 10.8. The Balaban J connectivity index is 1.84. The largest absolute Gasteiger partial charge is 0.0616 e. The lowest BCUT2D eigenvalue weighted by Crippen LogP contribution is -1.91. The minimum absolute atomic E-state index is 1.27. The van der Waals surface area contributed by atoms with Gasteiger partial charge in [-0.1, -0.05) is 121 Å². The van der Waals surface area contributed by atoms with Crippen LogP contribution < -0.4 is 0 Å². The fourth-order valence-corrected chi connectivity index (χ4v) is 4.97. The first-order chi connectivity index (χ1) is 15.3. The molecule has 0 nitrogen and oxygen atoms in total. The molecule has 6 rings (SSSR count). The molecule has 0 aliphatic heterocycles. The molecule has 0 heteroatoms. The topological polar surface area (TPSA) is 0 Å². The molecule has 6 aromatic rings. The van der Waals surface area contributed by atoms with Crippen LogP contribution in [0.1, 0.15) is 5.56 Å². The van der Waals surface area contributed by atoms with Crippen molar-refractivity contribution in [2.75, 3.05) is 0 Å². The quantitative estimate of drug-likeness (QED) is 0.257. The molecule has 0 aromatic heterocycles. The van der Waals surface area contributed by atoms with E-state index < -0.39 is 0 Å². The zero-order valence-corrected chi connectivity index (χ0v) is 17.5. The van der Waals surface area contributed by atoms with Crippen LogP contribution in [-0.2, 0) is 0 Å². The zero-order chi connectivity index (χ0) is 20.8.